The van der Waals surface area contributed by atoms with Gasteiger partial charge in [-0.05, 0) is 66.3 Å². The van der Waals surface area contributed by atoms with E-state index in [0.717, 1.165) is 33.6 Å². The predicted octanol–water partition coefficient (Wildman–Crippen LogP) is 5.76. The lowest BCUT2D eigenvalue weighted by molar-refractivity contribution is -0.137. The van der Waals surface area contributed by atoms with Crippen LogP contribution in [0.1, 0.15) is 41.5 Å². The molecule has 0 aliphatic rings. The predicted molar refractivity (Wildman–Crippen MR) is 144 cm³/mol. The summed E-state index contributed by atoms with van der Waals surface area (Å²) in [7, 11) is 3.45. The van der Waals surface area contributed by atoms with Crippen LogP contribution >= 0.6 is 0 Å². The molecule has 188 valence electrons. The number of para-hydroxylation sites is 1. The largest absolute Gasteiger partial charge is 0.481 e. The summed E-state index contributed by atoms with van der Waals surface area (Å²) in [6, 6.07) is 20.4. The van der Waals surface area contributed by atoms with E-state index < -0.39 is 5.97 Å². The summed E-state index contributed by atoms with van der Waals surface area (Å²) >= 11 is 0. The Morgan fingerprint density at radius 1 is 0.889 bits per heavy atom. The number of nitrogens with one attached hydrogen (secondary N) is 1. The average Bonchev–Trinajstić information content (AvgIpc) is 2.84. The van der Waals surface area contributed by atoms with Crippen molar-refractivity contribution in [1.29, 1.82) is 0 Å². The monoisotopic (exact) mass is 487 g/mol. The highest BCUT2D eigenvalue weighted by Gasteiger charge is 2.16. The zero-order chi connectivity index (χ0) is 26.4. The number of amides is 3. The second kappa shape index (κ2) is 11.5. The lowest BCUT2D eigenvalue weighted by Gasteiger charge is -2.21. The van der Waals surface area contributed by atoms with Crippen LogP contribution in [0.4, 0.5) is 21.9 Å². The molecule has 0 aromatic heterocycles. The third kappa shape index (κ3) is 6.50. The van der Waals surface area contributed by atoms with E-state index in [4.69, 9.17) is 5.11 Å². The molecule has 3 amide bonds. The van der Waals surface area contributed by atoms with Crippen LogP contribution in [0, 0.1) is 13.8 Å². The van der Waals surface area contributed by atoms with Gasteiger partial charge in [0.25, 0.3) is 0 Å². The van der Waals surface area contributed by atoms with Crippen molar-refractivity contribution in [2.24, 2.45) is 0 Å². The van der Waals surface area contributed by atoms with Crippen LogP contribution in [0.3, 0.4) is 0 Å². The number of benzene rings is 3. The van der Waals surface area contributed by atoms with Gasteiger partial charge in [-0.15, -0.1) is 0 Å². The molecule has 0 fully saturated rings. The first kappa shape index (κ1) is 26.5. The van der Waals surface area contributed by atoms with Crippen LogP contribution in [-0.2, 0) is 16.0 Å². The van der Waals surface area contributed by atoms with E-state index in [0.29, 0.717) is 5.69 Å². The lowest BCUT2D eigenvalue weighted by atomic mass is 9.97. The molecule has 0 heterocycles. The lowest BCUT2D eigenvalue weighted by Crippen LogP contribution is -2.32. The van der Waals surface area contributed by atoms with Crippen molar-refractivity contribution in [1.82, 2.24) is 0 Å². The molecule has 0 radical (unpaired) electrons. The summed E-state index contributed by atoms with van der Waals surface area (Å²) in [6.45, 7) is 5.73. The Morgan fingerprint density at radius 2 is 1.56 bits per heavy atom. The van der Waals surface area contributed by atoms with Gasteiger partial charge in [-0.1, -0.05) is 49.4 Å². The molecule has 3 aromatic rings. The van der Waals surface area contributed by atoms with Gasteiger partial charge in [0.2, 0.25) is 5.91 Å². The third-order valence-electron chi connectivity index (χ3n) is 6.37. The Hall–Kier alpha value is -4.13. The molecular weight excluding hydrogens is 454 g/mol. The van der Waals surface area contributed by atoms with Crippen LogP contribution in [0.2, 0.25) is 0 Å². The number of rotatable bonds is 8. The van der Waals surface area contributed by atoms with Gasteiger partial charge in [0.15, 0.2) is 0 Å². The fraction of sp³-hybridized carbons (Fsp3) is 0.276. The third-order valence-corrected chi connectivity index (χ3v) is 6.37. The molecule has 0 bridgehead atoms. The van der Waals surface area contributed by atoms with E-state index in [1.165, 1.54) is 0 Å². The van der Waals surface area contributed by atoms with Crippen LogP contribution < -0.4 is 15.1 Å². The second-order valence-corrected chi connectivity index (χ2v) is 9.14. The molecule has 36 heavy (non-hydrogen) atoms. The number of nitrogens with zero attached hydrogens (tertiary/aromatic N) is 2. The van der Waals surface area contributed by atoms with Crippen molar-refractivity contribution in [3.8, 4) is 0 Å². The molecule has 0 aliphatic heterocycles. The summed E-state index contributed by atoms with van der Waals surface area (Å²) in [6.07, 6.45) is 0.276. The molecule has 1 unspecified atom stereocenters. The molecule has 0 aliphatic carbocycles. The quantitative estimate of drug-likeness (QED) is 0.423. The first-order valence-corrected chi connectivity index (χ1v) is 11.8. The number of hydrogen-bond acceptors (Lipinski definition) is 3. The van der Waals surface area contributed by atoms with Crippen LogP contribution in [0.5, 0.6) is 0 Å². The second-order valence-electron chi connectivity index (χ2n) is 9.14. The molecule has 0 saturated heterocycles. The van der Waals surface area contributed by atoms with Crippen molar-refractivity contribution >= 4 is 35.0 Å². The van der Waals surface area contributed by atoms with E-state index in [1.54, 1.807) is 23.9 Å². The van der Waals surface area contributed by atoms with Crippen LogP contribution in [0.25, 0.3) is 0 Å². The number of urea groups is 1. The molecule has 1 atom stereocenters. The minimum absolute atomic E-state index is 0.0616. The van der Waals surface area contributed by atoms with Gasteiger partial charge >= 0.3 is 12.0 Å². The Morgan fingerprint density at radius 3 is 2.17 bits per heavy atom. The van der Waals surface area contributed by atoms with Gasteiger partial charge in [0.05, 0.1) is 12.8 Å². The average molecular weight is 488 g/mol. The normalized spacial score (nSPS) is 11.5. The fourth-order valence-electron chi connectivity index (χ4n) is 4.07. The first-order chi connectivity index (χ1) is 17.1. The van der Waals surface area contributed by atoms with Gasteiger partial charge < -0.3 is 15.3 Å². The van der Waals surface area contributed by atoms with Crippen LogP contribution in [-0.4, -0.2) is 37.1 Å². The minimum Gasteiger partial charge on any atom is -0.481 e. The molecule has 2 N–H and O–H groups in total. The van der Waals surface area contributed by atoms with Crippen molar-refractivity contribution in [2.45, 2.75) is 39.5 Å². The van der Waals surface area contributed by atoms with E-state index in [2.05, 4.69) is 5.32 Å². The van der Waals surface area contributed by atoms with Crippen LogP contribution in [0.15, 0.2) is 66.7 Å². The van der Waals surface area contributed by atoms with E-state index >= 15 is 0 Å². The molecule has 3 rings (SSSR count). The number of carbonyl (C=O) groups is 3. The summed E-state index contributed by atoms with van der Waals surface area (Å²) in [5, 5.41) is 11.9. The number of carboxylic acids is 1. The maximum absolute atomic E-state index is 12.9. The van der Waals surface area contributed by atoms with E-state index in [-0.39, 0.29) is 30.7 Å². The highest BCUT2D eigenvalue weighted by Crippen LogP contribution is 2.24. The van der Waals surface area contributed by atoms with Crippen molar-refractivity contribution < 1.29 is 19.5 Å². The van der Waals surface area contributed by atoms with Gasteiger partial charge in [0, 0.05) is 31.2 Å². The van der Waals surface area contributed by atoms with Crippen molar-refractivity contribution in [2.75, 3.05) is 29.2 Å². The number of aryl methyl sites for hydroxylation is 2. The molecule has 7 nitrogen and oxygen atoms in total. The molecular formula is C29H33N3O4. The Kier molecular flexibility index (Phi) is 8.48. The number of likely N-dealkylation sites (N-methyl/N-ethyl adjacent to an activating group) is 1. The number of hydrogen-bond donors (Lipinski definition) is 2. The number of carboxylic acid groups (broad SMARTS) is 1. The van der Waals surface area contributed by atoms with E-state index in [1.807, 2.05) is 87.5 Å². The summed E-state index contributed by atoms with van der Waals surface area (Å²) in [5.74, 6) is -1.01. The summed E-state index contributed by atoms with van der Waals surface area (Å²) in [4.78, 5) is 39.8. The highest BCUT2D eigenvalue weighted by molar-refractivity contribution is 6.02. The van der Waals surface area contributed by atoms with Gasteiger partial charge in [-0.25, -0.2) is 4.79 Å². The van der Waals surface area contributed by atoms with E-state index in [9.17, 15) is 14.4 Å². The number of anilines is 3. The fourth-order valence-corrected chi connectivity index (χ4v) is 4.07. The molecule has 0 spiro atoms. The maximum atomic E-state index is 12.9. The SMILES string of the molecule is Cc1cc(CC(=O)N(C)c2ccc(C(C)CC(=O)O)cc2)ccc1NC(=O)N(C)c1ccccc1C. The minimum atomic E-state index is -0.835. The Labute approximate surface area is 212 Å². The molecule has 7 heteroatoms. The number of carbonyl (C=O) groups excluding carboxylic acids is 2. The zero-order valence-electron chi connectivity index (χ0n) is 21.4. The summed E-state index contributed by atoms with van der Waals surface area (Å²) in [5.41, 5.74) is 5.91. The molecule has 3 aromatic carbocycles. The smallest absolute Gasteiger partial charge is 0.326 e. The zero-order valence-corrected chi connectivity index (χ0v) is 21.4. The van der Waals surface area contributed by atoms with Gasteiger partial charge in [0.1, 0.15) is 0 Å². The topological polar surface area (TPSA) is 90.0 Å². The van der Waals surface area contributed by atoms with Crippen molar-refractivity contribution in [3.63, 3.8) is 0 Å². The Bertz CT molecular complexity index is 1250. The highest BCUT2D eigenvalue weighted by atomic mass is 16.4. The maximum Gasteiger partial charge on any atom is 0.326 e. The Balaban J connectivity index is 1.63. The summed E-state index contributed by atoms with van der Waals surface area (Å²) < 4.78 is 0. The van der Waals surface area contributed by atoms with Gasteiger partial charge in [-0.3, -0.25) is 14.5 Å². The standard InChI is InChI=1S/C29H33N3O4/c1-19-8-6-7-9-26(19)32(5)29(36)30-25-15-10-22(16-21(25)3)18-27(33)31(4)24-13-11-23(12-14-24)20(2)17-28(34)35/h6-16,20H,17-18H2,1-5H3,(H,30,36)(H,34,35). The number of aliphatic carboxylic acids is 1. The first-order valence-electron chi connectivity index (χ1n) is 11.8. The molecule has 0 saturated carbocycles. The van der Waals surface area contributed by atoms with Gasteiger partial charge in [-0.2, -0.15) is 0 Å². The van der Waals surface area contributed by atoms with Crippen molar-refractivity contribution in [3.05, 3.63) is 89.0 Å².